The van der Waals surface area contributed by atoms with Crippen LogP contribution < -0.4 is 10.3 Å². The highest BCUT2D eigenvalue weighted by Crippen LogP contribution is 2.30. The minimum absolute atomic E-state index is 0.0748. The molecule has 2 aromatic rings. The smallest absolute Gasteiger partial charge is 0.270 e. The molecule has 13 heteroatoms. The van der Waals surface area contributed by atoms with Gasteiger partial charge in [-0.3, -0.25) is 20.3 Å². The van der Waals surface area contributed by atoms with Crippen LogP contribution in [0.15, 0.2) is 52.5 Å². The molecule has 2 aromatic carbocycles. The van der Waals surface area contributed by atoms with E-state index in [1.165, 1.54) is 16.4 Å². The minimum Gasteiger partial charge on any atom is -0.370 e. The standard InChI is InChI=1S/C28H39N7O5S/c1-4-32(5-2)28(36)23-10-8-14-33(21-23)26-11-7-6-9-22(26)20-29-30-25-13-12-24(35(37)38)19-27(25)41(39,40)34-17-15-31(3)16-18-34/h6-7,9,11-13,19-20,23,30H,4-5,8,10,14-18,21H2,1-3H3/b29-20-/t23-/m1/s1. The molecule has 0 unspecified atom stereocenters. The molecule has 0 radical (unpaired) electrons. The summed E-state index contributed by atoms with van der Waals surface area (Å²) in [6.45, 7) is 8.54. The second-order valence-electron chi connectivity index (χ2n) is 10.4. The Morgan fingerprint density at radius 1 is 1.12 bits per heavy atom. The first-order valence-corrected chi connectivity index (χ1v) is 15.5. The Balaban J connectivity index is 1.56. The summed E-state index contributed by atoms with van der Waals surface area (Å²) < 4.78 is 28.4. The highest BCUT2D eigenvalue weighted by Gasteiger charge is 2.32. The summed E-state index contributed by atoms with van der Waals surface area (Å²) in [5.74, 6) is 0.106. The number of carbonyl (C=O) groups excluding carboxylic acids is 1. The van der Waals surface area contributed by atoms with Crippen molar-refractivity contribution in [3.63, 3.8) is 0 Å². The van der Waals surface area contributed by atoms with Gasteiger partial charge in [0.05, 0.1) is 22.7 Å². The van der Waals surface area contributed by atoms with Crippen LogP contribution in [-0.4, -0.2) is 99.0 Å². The molecule has 1 atom stereocenters. The summed E-state index contributed by atoms with van der Waals surface area (Å²) in [5, 5.41) is 15.8. The predicted octanol–water partition coefficient (Wildman–Crippen LogP) is 3.06. The number of amides is 1. The zero-order valence-corrected chi connectivity index (χ0v) is 24.7. The number of nitrogens with zero attached hydrogens (tertiary/aromatic N) is 6. The second-order valence-corrected chi connectivity index (χ2v) is 12.3. The number of hydrogen-bond donors (Lipinski definition) is 1. The maximum Gasteiger partial charge on any atom is 0.270 e. The lowest BCUT2D eigenvalue weighted by atomic mass is 9.95. The van der Waals surface area contributed by atoms with Gasteiger partial charge in [0.25, 0.3) is 5.69 Å². The summed E-state index contributed by atoms with van der Waals surface area (Å²) in [4.78, 5) is 29.8. The monoisotopic (exact) mass is 585 g/mol. The van der Waals surface area contributed by atoms with E-state index < -0.39 is 14.9 Å². The van der Waals surface area contributed by atoms with Gasteiger partial charge in [0.2, 0.25) is 15.9 Å². The quantitative estimate of drug-likeness (QED) is 0.256. The van der Waals surface area contributed by atoms with E-state index in [4.69, 9.17) is 0 Å². The van der Waals surface area contributed by atoms with E-state index >= 15 is 0 Å². The molecule has 0 bridgehead atoms. The summed E-state index contributed by atoms with van der Waals surface area (Å²) in [6.07, 6.45) is 3.37. The van der Waals surface area contributed by atoms with Crippen LogP contribution in [-0.2, 0) is 14.8 Å². The fraction of sp³-hybridized carbons (Fsp3) is 0.500. The zero-order valence-electron chi connectivity index (χ0n) is 23.9. The molecule has 222 valence electrons. The van der Waals surface area contributed by atoms with Gasteiger partial charge in [-0.2, -0.15) is 9.41 Å². The topological polar surface area (TPSA) is 132 Å². The maximum absolute atomic E-state index is 13.5. The summed E-state index contributed by atoms with van der Waals surface area (Å²) in [7, 11) is -2.08. The van der Waals surface area contributed by atoms with Gasteiger partial charge in [0, 0.05) is 75.7 Å². The molecular formula is C28H39N7O5S. The van der Waals surface area contributed by atoms with Gasteiger partial charge in [0.15, 0.2) is 0 Å². The normalized spacial score (nSPS) is 18.9. The third kappa shape index (κ3) is 7.03. The third-order valence-corrected chi connectivity index (χ3v) is 9.71. The summed E-state index contributed by atoms with van der Waals surface area (Å²) >= 11 is 0. The molecule has 12 nitrogen and oxygen atoms in total. The molecule has 4 rings (SSSR count). The average Bonchev–Trinajstić information content (AvgIpc) is 2.98. The van der Waals surface area contributed by atoms with E-state index in [-0.39, 0.29) is 28.1 Å². The van der Waals surface area contributed by atoms with Gasteiger partial charge in [-0.25, -0.2) is 8.42 Å². The first-order chi connectivity index (χ1) is 19.6. The van der Waals surface area contributed by atoms with Crippen molar-refractivity contribution >= 4 is 39.2 Å². The van der Waals surface area contributed by atoms with E-state index in [1.54, 1.807) is 6.21 Å². The van der Waals surface area contributed by atoms with Crippen molar-refractivity contribution in [1.29, 1.82) is 0 Å². The van der Waals surface area contributed by atoms with Crippen molar-refractivity contribution in [2.45, 2.75) is 31.6 Å². The molecular weight excluding hydrogens is 546 g/mol. The van der Waals surface area contributed by atoms with Crippen molar-refractivity contribution in [3.05, 3.63) is 58.1 Å². The number of rotatable bonds is 10. The maximum atomic E-state index is 13.5. The zero-order chi connectivity index (χ0) is 29.6. The Kier molecular flexibility index (Phi) is 9.94. The number of para-hydroxylation sites is 1. The number of hydrogen-bond acceptors (Lipinski definition) is 9. The Bertz CT molecular complexity index is 1370. The molecule has 2 aliphatic heterocycles. The van der Waals surface area contributed by atoms with Crippen LogP contribution in [0.25, 0.3) is 0 Å². The molecule has 1 amide bonds. The van der Waals surface area contributed by atoms with Crippen LogP contribution in [0.5, 0.6) is 0 Å². The van der Waals surface area contributed by atoms with Crippen LogP contribution in [0, 0.1) is 16.0 Å². The number of nitro groups is 1. The van der Waals surface area contributed by atoms with Gasteiger partial charge in [-0.05, 0) is 45.9 Å². The SMILES string of the molecule is CCN(CC)C(=O)[C@@H]1CCCN(c2ccccc2/C=N\Nc2ccc([N+](=O)[O-])cc2S(=O)(=O)N2CCN(C)CC2)C1. The van der Waals surface area contributed by atoms with Crippen molar-refractivity contribution in [2.24, 2.45) is 11.0 Å². The Labute approximate surface area is 241 Å². The number of benzene rings is 2. The molecule has 0 spiro atoms. The highest BCUT2D eigenvalue weighted by molar-refractivity contribution is 7.89. The number of anilines is 2. The van der Waals surface area contributed by atoms with Crippen LogP contribution >= 0.6 is 0 Å². The molecule has 0 aliphatic carbocycles. The number of likely N-dealkylation sites (N-methyl/N-ethyl adjacent to an activating group) is 1. The predicted molar refractivity (Wildman–Crippen MR) is 160 cm³/mol. The van der Waals surface area contributed by atoms with Crippen molar-refractivity contribution in [3.8, 4) is 0 Å². The molecule has 2 fully saturated rings. The Morgan fingerprint density at radius 3 is 2.51 bits per heavy atom. The molecule has 2 aliphatic rings. The van der Waals surface area contributed by atoms with Gasteiger partial charge in [0.1, 0.15) is 4.90 Å². The summed E-state index contributed by atoms with van der Waals surface area (Å²) in [5.41, 5.74) is 4.41. The lowest BCUT2D eigenvalue weighted by Crippen LogP contribution is -2.47. The van der Waals surface area contributed by atoms with E-state index in [0.29, 0.717) is 45.8 Å². The lowest BCUT2D eigenvalue weighted by molar-refractivity contribution is -0.385. The number of piperidine rings is 1. The van der Waals surface area contributed by atoms with Crippen LogP contribution in [0.3, 0.4) is 0 Å². The van der Waals surface area contributed by atoms with Crippen LogP contribution in [0.4, 0.5) is 17.1 Å². The largest absolute Gasteiger partial charge is 0.370 e. The second kappa shape index (κ2) is 13.4. The van der Waals surface area contributed by atoms with Crippen molar-refractivity contribution in [2.75, 3.05) is 69.7 Å². The molecule has 1 N–H and O–H groups in total. The Morgan fingerprint density at radius 2 is 1.83 bits per heavy atom. The lowest BCUT2D eigenvalue weighted by Gasteiger charge is -2.36. The first-order valence-electron chi connectivity index (χ1n) is 14.0. The van der Waals surface area contributed by atoms with Gasteiger partial charge in [-0.15, -0.1) is 0 Å². The fourth-order valence-corrected chi connectivity index (χ4v) is 6.93. The van der Waals surface area contributed by atoms with Gasteiger partial charge >= 0.3 is 0 Å². The number of nitrogens with one attached hydrogen (secondary N) is 1. The molecule has 0 aromatic heterocycles. The van der Waals surface area contributed by atoms with E-state index in [0.717, 1.165) is 36.7 Å². The molecule has 0 saturated carbocycles. The van der Waals surface area contributed by atoms with Crippen LogP contribution in [0.2, 0.25) is 0 Å². The number of carbonyl (C=O) groups is 1. The van der Waals surface area contributed by atoms with Gasteiger partial charge in [-0.1, -0.05) is 18.2 Å². The van der Waals surface area contributed by atoms with Crippen molar-refractivity contribution in [1.82, 2.24) is 14.1 Å². The van der Waals surface area contributed by atoms with E-state index in [9.17, 15) is 23.3 Å². The molecule has 41 heavy (non-hydrogen) atoms. The summed E-state index contributed by atoms with van der Waals surface area (Å²) in [6, 6.07) is 11.4. The van der Waals surface area contributed by atoms with Crippen LogP contribution in [0.1, 0.15) is 32.3 Å². The highest BCUT2D eigenvalue weighted by atomic mass is 32.2. The van der Waals surface area contributed by atoms with E-state index in [1.807, 2.05) is 55.0 Å². The average molecular weight is 586 g/mol. The number of hydrazone groups is 1. The first kappa shape index (κ1) is 30.4. The number of piperazine rings is 1. The van der Waals surface area contributed by atoms with Gasteiger partial charge < -0.3 is 14.7 Å². The number of nitro benzene ring substituents is 1. The van der Waals surface area contributed by atoms with E-state index in [2.05, 4.69) is 15.4 Å². The minimum atomic E-state index is -4.00. The third-order valence-electron chi connectivity index (χ3n) is 7.77. The molecule has 2 heterocycles. The molecule has 2 saturated heterocycles. The Hall–Kier alpha value is -3.55. The fourth-order valence-electron chi connectivity index (χ4n) is 5.34. The number of sulfonamides is 1. The van der Waals surface area contributed by atoms with Crippen molar-refractivity contribution < 1.29 is 18.1 Å². The number of non-ortho nitro benzene ring substituents is 1.